The molecule has 0 bridgehead atoms. The van der Waals surface area contributed by atoms with Crippen molar-refractivity contribution in [3.05, 3.63) is 0 Å². The van der Waals surface area contributed by atoms with Crippen LogP contribution < -0.4 is 16.0 Å². The van der Waals surface area contributed by atoms with E-state index in [1.165, 1.54) is 0 Å². The van der Waals surface area contributed by atoms with E-state index in [0.29, 0.717) is 19.6 Å². The lowest BCUT2D eigenvalue weighted by atomic mass is 10.1. The average molecular weight is 243 g/mol. The number of ether oxygens (including phenoxy) is 1. The molecule has 3 N–H and O–H groups in total. The van der Waals surface area contributed by atoms with Crippen LogP contribution in [0.25, 0.3) is 0 Å². The summed E-state index contributed by atoms with van der Waals surface area (Å²) in [6, 6.07) is -0.607. The van der Waals surface area contributed by atoms with Crippen molar-refractivity contribution in [1.82, 2.24) is 16.0 Å². The van der Waals surface area contributed by atoms with E-state index in [1.54, 1.807) is 7.11 Å². The number of amides is 3. The Bertz CT molecular complexity index is 306. The van der Waals surface area contributed by atoms with Crippen LogP contribution in [0.5, 0.6) is 0 Å². The van der Waals surface area contributed by atoms with Gasteiger partial charge in [-0.15, -0.1) is 0 Å². The molecule has 0 spiro atoms. The van der Waals surface area contributed by atoms with Crippen molar-refractivity contribution in [2.75, 3.05) is 26.8 Å². The van der Waals surface area contributed by atoms with Crippen LogP contribution in [0.3, 0.4) is 0 Å². The highest BCUT2D eigenvalue weighted by Crippen LogP contribution is 2.03. The molecular weight excluding hydrogens is 226 g/mol. The van der Waals surface area contributed by atoms with Gasteiger partial charge < -0.3 is 15.4 Å². The number of hydrogen-bond acceptors (Lipinski definition) is 5. The van der Waals surface area contributed by atoms with Gasteiger partial charge in [-0.1, -0.05) is 0 Å². The van der Waals surface area contributed by atoms with Gasteiger partial charge in [-0.05, 0) is 6.42 Å². The zero-order valence-corrected chi connectivity index (χ0v) is 9.75. The molecule has 0 saturated carbocycles. The van der Waals surface area contributed by atoms with Crippen LogP contribution in [0.2, 0.25) is 0 Å². The number of imide groups is 1. The summed E-state index contributed by atoms with van der Waals surface area (Å²) in [4.78, 5) is 33.6. The second-order valence-corrected chi connectivity index (χ2v) is 3.74. The predicted molar refractivity (Wildman–Crippen MR) is 59.1 cm³/mol. The van der Waals surface area contributed by atoms with Crippen LogP contribution in [0.1, 0.15) is 12.8 Å². The summed E-state index contributed by atoms with van der Waals surface area (Å²) >= 11 is 0. The minimum Gasteiger partial charge on any atom is -0.383 e. The van der Waals surface area contributed by atoms with E-state index in [0.717, 1.165) is 0 Å². The van der Waals surface area contributed by atoms with Gasteiger partial charge in [-0.25, -0.2) is 0 Å². The molecule has 1 heterocycles. The minimum atomic E-state index is -0.607. The first-order valence-electron chi connectivity index (χ1n) is 5.46. The second-order valence-electron chi connectivity index (χ2n) is 3.74. The normalized spacial score (nSPS) is 19.9. The summed E-state index contributed by atoms with van der Waals surface area (Å²) < 4.78 is 4.81. The molecule has 1 saturated heterocycles. The molecule has 0 aromatic heterocycles. The van der Waals surface area contributed by atoms with Crippen molar-refractivity contribution in [3.63, 3.8) is 0 Å². The van der Waals surface area contributed by atoms with Crippen molar-refractivity contribution in [1.29, 1.82) is 0 Å². The molecule has 7 heteroatoms. The average Bonchev–Trinajstić information content (AvgIpc) is 2.28. The Morgan fingerprint density at radius 1 is 1.53 bits per heavy atom. The van der Waals surface area contributed by atoms with Gasteiger partial charge in [0.2, 0.25) is 17.7 Å². The number of nitrogens with one attached hydrogen (secondary N) is 3. The molecular formula is C10H17N3O4. The summed E-state index contributed by atoms with van der Waals surface area (Å²) in [5.41, 5.74) is 0. The molecule has 0 radical (unpaired) electrons. The fourth-order valence-corrected chi connectivity index (χ4v) is 1.45. The van der Waals surface area contributed by atoms with Gasteiger partial charge in [0.25, 0.3) is 0 Å². The Morgan fingerprint density at radius 3 is 2.94 bits per heavy atom. The van der Waals surface area contributed by atoms with Crippen LogP contribution in [-0.4, -0.2) is 50.6 Å². The van der Waals surface area contributed by atoms with Crippen molar-refractivity contribution in [2.45, 2.75) is 18.9 Å². The van der Waals surface area contributed by atoms with Gasteiger partial charge in [0.1, 0.15) is 6.04 Å². The van der Waals surface area contributed by atoms with Crippen molar-refractivity contribution >= 4 is 17.7 Å². The first-order chi connectivity index (χ1) is 8.13. The maximum Gasteiger partial charge on any atom is 0.249 e. The molecule has 1 unspecified atom stereocenters. The molecule has 1 rings (SSSR count). The Kier molecular flexibility index (Phi) is 5.58. The van der Waals surface area contributed by atoms with E-state index in [1.807, 2.05) is 0 Å². The highest BCUT2D eigenvalue weighted by Gasteiger charge is 2.27. The van der Waals surface area contributed by atoms with E-state index in [-0.39, 0.29) is 24.8 Å². The number of hydrogen-bond donors (Lipinski definition) is 3. The summed E-state index contributed by atoms with van der Waals surface area (Å²) in [6.07, 6.45) is 0.613. The number of carbonyl (C=O) groups is 3. The van der Waals surface area contributed by atoms with Gasteiger partial charge in [-0.2, -0.15) is 0 Å². The highest BCUT2D eigenvalue weighted by atomic mass is 16.5. The minimum absolute atomic E-state index is 0.126. The highest BCUT2D eigenvalue weighted by molar-refractivity contribution is 6.01. The first kappa shape index (κ1) is 13.6. The molecule has 1 atom stereocenters. The van der Waals surface area contributed by atoms with Gasteiger partial charge in [0, 0.05) is 20.1 Å². The topological polar surface area (TPSA) is 96.5 Å². The van der Waals surface area contributed by atoms with Crippen LogP contribution >= 0.6 is 0 Å². The molecule has 0 aliphatic carbocycles. The monoisotopic (exact) mass is 243 g/mol. The maximum atomic E-state index is 11.4. The van der Waals surface area contributed by atoms with Crippen molar-refractivity contribution in [2.24, 2.45) is 0 Å². The molecule has 0 aromatic rings. The number of methoxy groups -OCH3 is 1. The van der Waals surface area contributed by atoms with Gasteiger partial charge in [-0.3, -0.25) is 19.7 Å². The third-order valence-electron chi connectivity index (χ3n) is 2.34. The lowest BCUT2D eigenvalue weighted by Gasteiger charge is -2.21. The smallest absolute Gasteiger partial charge is 0.249 e. The SMILES string of the molecule is COCCNCC(=O)NC1CCC(=O)NC1=O. The summed E-state index contributed by atoms with van der Waals surface area (Å²) in [6.45, 7) is 1.21. The Labute approximate surface area is 99.3 Å². The van der Waals surface area contributed by atoms with E-state index >= 15 is 0 Å². The van der Waals surface area contributed by atoms with Crippen molar-refractivity contribution < 1.29 is 19.1 Å². The molecule has 1 fully saturated rings. The first-order valence-corrected chi connectivity index (χ1v) is 5.46. The van der Waals surface area contributed by atoms with Crippen molar-refractivity contribution in [3.8, 4) is 0 Å². The van der Waals surface area contributed by atoms with Gasteiger partial charge >= 0.3 is 0 Å². The van der Waals surface area contributed by atoms with E-state index in [4.69, 9.17) is 4.74 Å². The van der Waals surface area contributed by atoms with Crippen LogP contribution in [0, 0.1) is 0 Å². The lowest BCUT2D eigenvalue weighted by Crippen LogP contribution is -2.53. The molecule has 3 amide bonds. The Hall–Kier alpha value is -1.47. The lowest BCUT2D eigenvalue weighted by molar-refractivity contribution is -0.137. The fraction of sp³-hybridized carbons (Fsp3) is 0.700. The Balaban J connectivity index is 2.21. The van der Waals surface area contributed by atoms with E-state index in [2.05, 4.69) is 16.0 Å². The van der Waals surface area contributed by atoms with Crippen LogP contribution in [-0.2, 0) is 19.1 Å². The largest absolute Gasteiger partial charge is 0.383 e. The van der Waals surface area contributed by atoms with E-state index < -0.39 is 11.9 Å². The Morgan fingerprint density at radius 2 is 2.29 bits per heavy atom. The third kappa shape index (κ3) is 4.92. The zero-order chi connectivity index (χ0) is 12.7. The molecule has 96 valence electrons. The second kappa shape index (κ2) is 6.97. The zero-order valence-electron chi connectivity index (χ0n) is 9.75. The summed E-state index contributed by atoms with van der Waals surface area (Å²) in [7, 11) is 1.57. The van der Waals surface area contributed by atoms with E-state index in [9.17, 15) is 14.4 Å². The van der Waals surface area contributed by atoms with Crippen LogP contribution in [0.15, 0.2) is 0 Å². The maximum absolute atomic E-state index is 11.4. The number of piperidine rings is 1. The molecule has 7 nitrogen and oxygen atoms in total. The molecule has 0 aromatic carbocycles. The van der Waals surface area contributed by atoms with Gasteiger partial charge in [0.15, 0.2) is 0 Å². The predicted octanol–water partition coefficient (Wildman–Crippen LogP) is -1.86. The third-order valence-corrected chi connectivity index (χ3v) is 2.34. The summed E-state index contributed by atoms with van der Waals surface area (Å²) in [5, 5.41) is 7.60. The summed E-state index contributed by atoms with van der Waals surface area (Å²) in [5.74, 6) is -0.999. The molecule has 17 heavy (non-hydrogen) atoms. The number of carbonyl (C=O) groups excluding carboxylic acids is 3. The van der Waals surface area contributed by atoms with Gasteiger partial charge in [0.05, 0.1) is 13.2 Å². The molecule has 1 aliphatic heterocycles. The number of rotatable bonds is 6. The standard InChI is InChI=1S/C10H17N3O4/c1-17-5-4-11-6-9(15)12-7-2-3-8(14)13-10(7)16/h7,11H,2-6H2,1H3,(H,12,15)(H,13,14,16). The van der Waals surface area contributed by atoms with Crippen LogP contribution in [0.4, 0.5) is 0 Å². The quantitative estimate of drug-likeness (QED) is 0.376. The molecule has 1 aliphatic rings. The fourth-order valence-electron chi connectivity index (χ4n) is 1.45.